The number of anilines is 1. The number of imidazole rings is 1. The minimum Gasteiger partial charge on any atom is -0.394 e. The first kappa shape index (κ1) is 22.7. The normalized spacial score (nSPS) is 18.9. The van der Waals surface area contributed by atoms with Gasteiger partial charge in [-0.25, -0.2) is 18.7 Å². The van der Waals surface area contributed by atoms with Gasteiger partial charge in [0.1, 0.15) is 11.5 Å². The maximum absolute atomic E-state index is 13.1. The monoisotopic (exact) mass is 470 g/mol. The second kappa shape index (κ2) is 9.63. The average Bonchev–Trinajstić information content (AvgIpc) is 3.38. The van der Waals surface area contributed by atoms with Gasteiger partial charge in [-0.3, -0.25) is 0 Å². The summed E-state index contributed by atoms with van der Waals surface area (Å²) in [4.78, 5) is 16.8. The van der Waals surface area contributed by atoms with Crippen molar-refractivity contribution >= 4 is 28.0 Å². The number of alkyl halides is 2. The molecular weight excluding hydrogens is 442 g/mol. The number of hydrogen-bond donors (Lipinski definition) is 3. The quantitative estimate of drug-likeness (QED) is 0.355. The van der Waals surface area contributed by atoms with Crippen LogP contribution in [0.5, 0.6) is 0 Å². The van der Waals surface area contributed by atoms with Crippen molar-refractivity contribution in [2.75, 3.05) is 18.5 Å². The van der Waals surface area contributed by atoms with E-state index in [4.69, 9.17) is 9.84 Å². The molecule has 8 nitrogen and oxygen atoms in total. The van der Waals surface area contributed by atoms with Gasteiger partial charge in [-0.15, -0.1) is 0 Å². The second-order valence-corrected chi connectivity index (χ2v) is 8.73. The number of aromatic nitrogens is 5. The molecule has 0 unspecified atom stereocenters. The van der Waals surface area contributed by atoms with Gasteiger partial charge in [0.2, 0.25) is 5.95 Å². The summed E-state index contributed by atoms with van der Waals surface area (Å²) in [5, 5.41) is 13.2. The summed E-state index contributed by atoms with van der Waals surface area (Å²) in [7, 11) is 0. The number of aryl methyl sites for hydroxylation is 1. The lowest BCUT2D eigenvalue weighted by Crippen LogP contribution is -2.30. The minimum atomic E-state index is -2.45. The third-order valence-corrected chi connectivity index (χ3v) is 6.46. The highest BCUT2D eigenvalue weighted by Crippen LogP contribution is 2.31. The third-order valence-electron chi connectivity index (χ3n) is 6.46. The van der Waals surface area contributed by atoms with Crippen molar-refractivity contribution in [3.05, 3.63) is 36.4 Å². The molecule has 3 aromatic heterocycles. The van der Waals surface area contributed by atoms with Crippen LogP contribution in [-0.4, -0.2) is 61.4 Å². The van der Waals surface area contributed by atoms with Crippen molar-refractivity contribution in [2.45, 2.75) is 57.7 Å². The van der Waals surface area contributed by atoms with Crippen molar-refractivity contribution in [3.63, 3.8) is 0 Å². The molecule has 0 bridgehead atoms. The Kier molecular flexibility index (Phi) is 6.42. The van der Waals surface area contributed by atoms with Crippen molar-refractivity contribution in [2.24, 2.45) is 0 Å². The molecule has 0 radical (unpaired) electrons. The van der Waals surface area contributed by atoms with Gasteiger partial charge < -0.3 is 24.7 Å². The van der Waals surface area contributed by atoms with E-state index in [0.717, 1.165) is 42.2 Å². The van der Waals surface area contributed by atoms with E-state index in [9.17, 15) is 8.78 Å². The number of H-pyrrole nitrogens is 1. The Labute approximate surface area is 195 Å². The van der Waals surface area contributed by atoms with Gasteiger partial charge in [-0.2, -0.15) is 4.98 Å². The minimum absolute atomic E-state index is 0.0526. The summed E-state index contributed by atoms with van der Waals surface area (Å²) >= 11 is 0. The Morgan fingerprint density at radius 2 is 2.06 bits per heavy atom. The molecule has 0 amide bonds. The topological polar surface area (TPSA) is 101 Å². The van der Waals surface area contributed by atoms with Crippen molar-refractivity contribution < 1.29 is 18.6 Å². The third kappa shape index (κ3) is 4.60. The van der Waals surface area contributed by atoms with Crippen molar-refractivity contribution in [3.8, 4) is 11.1 Å². The lowest BCUT2D eigenvalue weighted by Gasteiger charge is -2.28. The van der Waals surface area contributed by atoms with Crippen LogP contribution in [0.25, 0.3) is 33.2 Å². The summed E-state index contributed by atoms with van der Waals surface area (Å²) < 4.78 is 33.3. The molecule has 0 saturated heterocycles. The largest absolute Gasteiger partial charge is 0.394 e. The predicted molar refractivity (Wildman–Crippen MR) is 126 cm³/mol. The molecule has 1 aliphatic rings. The van der Waals surface area contributed by atoms with Crippen LogP contribution in [0.2, 0.25) is 0 Å². The number of rotatable bonds is 8. The molecule has 10 heteroatoms. The first-order chi connectivity index (χ1) is 16.5. The van der Waals surface area contributed by atoms with Gasteiger partial charge in [0, 0.05) is 29.4 Å². The van der Waals surface area contributed by atoms with E-state index in [1.807, 2.05) is 24.4 Å². The standard InChI is InChI=1S/C24H28F2N6O2/c1-14-29-20-7-2-15(10-21(20)32(14)13-22(25)26)18-11-27-23-19(18)12-28-24(31-23)30-16-3-5-17(6-4-16)34-9-8-33/h2,7,10-12,16-17,22,33H,3-6,8-9,13H2,1H3,(H2,27,28,30,31)/t16-,17-. The van der Waals surface area contributed by atoms with Crippen LogP contribution in [0.1, 0.15) is 31.5 Å². The zero-order valence-electron chi connectivity index (χ0n) is 19.0. The van der Waals surface area contributed by atoms with Gasteiger partial charge in [0.05, 0.1) is 36.9 Å². The van der Waals surface area contributed by atoms with E-state index in [1.54, 1.807) is 17.7 Å². The lowest BCUT2D eigenvalue weighted by molar-refractivity contribution is 0.00719. The fourth-order valence-electron chi connectivity index (χ4n) is 4.77. The number of fused-ring (bicyclic) bond motifs is 2. The summed E-state index contributed by atoms with van der Waals surface area (Å²) in [6.07, 6.45) is 5.21. The number of ether oxygens (including phenoxy) is 1. The molecule has 1 aromatic carbocycles. The molecule has 34 heavy (non-hydrogen) atoms. The predicted octanol–water partition coefficient (Wildman–Crippen LogP) is 4.28. The molecule has 1 saturated carbocycles. The number of aromatic amines is 1. The zero-order valence-corrected chi connectivity index (χ0v) is 19.0. The molecule has 1 fully saturated rings. The fraction of sp³-hybridized carbons (Fsp3) is 0.458. The molecule has 180 valence electrons. The highest BCUT2D eigenvalue weighted by Gasteiger charge is 2.22. The van der Waals surface area contributed by atoms with Gasteiger partial charge in [0.15, 0.2) is 0 Å². The Morgan fingerprint density at radius 1 is 1.24 bits per heavy atom. The number of benzene rings is 1. The van der Waals surface area contributed by atoms with E-state index >= 15 is 0 Å². The lowest BCUT2D eigenvalue weighted by atomic mass is 9.93. The molecule has 3 N–H and O–H groups in total. The van der Waals surface area contributed by atoms with Crippen LogP contribution in [-0.2, 0) is 11.3 Å². The van der Waals surface area contributed by atoms with Crippen LogP contribution in [0.15, 0.2) is 30.6 Å². The van der Waals surface area contributed by atoms with E-state index < -0.39 is 6.43 Å². The summed E-state index contributed by atoms with van der Waals surface area (Å²) in [6.45, 7) is 1.80. The smallest absolute Gasteiger partial charge is 0.256 e. The molecule has 0 aliphatic heterocycles. The van der Waals surface area contributed by atoms with Crippen LogP contribution >= 0.6 is 0 Å². The maximum atomic E-state index is 13.1. The zero-order chi connectivity index (χ0) is 23.7. The van der Waals surface area contributed by atoms with E-state index in [1.165, 1.54) is 0 Å². The summed E-state index contributed by atoms with van der Waals surface area (Å²) in [5.41, 5.74) is 3.89. The number of aliphatic hydroxyl groups is 1. The van der Waals surface area contributed by atoms with Crippen molar-refractivity contribution in [1.29, 1.82) is 0 Å². The number of nitrogens with one attached hydrogen (secondary N) is 2. The van der Waals surface area contributed by atoms with Crippen molar-refractivity contribution in [1.82, 2.24) is 24.5 Å². The summed E-state index contributed by atoms with van der Waals surface area (Å²) in [6, 6.07) is 5.97. The van der Waals surface area contributed by atoms with Crippen LogP contribution in [0, 0.1) is 6.92 Å². The van der Waals surface area contributed by atoms with Gasteiger partial charge in [-0.1, -0.05) is 6.07 Å². The van der Waals surface area contributed by atoms with Gasteiger partial charge >= 0.3 is 0 Å². The van der Waals surface area contributed by atoms with E-state index in [2.05, 4.69) is 25.3 Å². The Morgan fingerprint density at radius 3 is 2.82 bits per heavy atom. The Balaban J connectivity index is 1.35. The number of hydrogen-bond acceptors (Lipinski definition) is 6. The Bertz CT molecular complexity index is 1280. The number of aliphatic hydroxyl groups excluding tert-OH is 1. The highest BCUT2D eigenvalue weighted by atomic mass is 19.3. The average molecular weight is 471 g/mol. The van der Waals surface area contributed by atoms with Gasteiger partial charge in [-0.05, 0) is 50.3 Å². The molecule has 3 heterocycles. The summed E-state index contributed by atoms with van der Waals surface area (Å²) in [5.74, 6) is 1.14. The molecule has 0 atom stereocenters. The molecule has 4 aromatic rings. The SMILES string of the molecule is Cc1nc2ccc(-c3c[nH]c4nc(N[C@H]5CC[C@H](OCCO)CC5)ncc34)cc2n1CC(F)F. The fourth-order valence-corrected chi connectivity index (χ4v) is 4.77. The molecule has 5 rings (SSSR count). The van der Waals surface area contributed by atoms with Crippen LogP contribution < -0.4 is 5.32 Å². The van der Waals surface area contributed by atoms with E-state index in [-0.39, 0.29) is 25.3 Å². The Hall–Kier alpha value is -3.11. The first-order valence-electron chi connectivity index (χ1n) is 11.6. The number of nitrogens with zero attached hydrogens (tertiary/aromatic N) is 4. The molecule has 0 spiro atoms. The van der Waals surface area contributed by atoms with Crippen LogP contribution in [0.3, 0.4) is 0 Å². The highest BCUT2D eigenvalue weighted by molar-refractivity contribution is 5.95. The van der Waals surface area contributed by atoms with Crippen LogP contribution in [0.4, 0.5) is 14.7 Å². The maximum Gasteiger partial charge on any atom is 0.256 e. The second-order valence-electron chi connectivity index (χ2n) is 8.73. The van der Waals surface area contributed by atoms with E-state index in [0.29, 0.717) is 35.1 Å². The molecular formula is C24H28F2N6O2. The first-order valence-corrected chi connectivity index (χ1v) is 11.6. The molecule has 1 aliphatic carbocycles. The van der Waals surface area contributed by atoms with Gasteiger partial charge in [0.25, 0.3) is 6.43 Å². The number of halogens is 2.